The molecule has 1 saturated heterocycles. The number of ketones is 1. The normalized spacial score (nSPS) is 25.4. The zero-order chi connectivity index (χ0) is 12.3. The molecule has 1 aliphatic heterocycles. The number of rotatable bonds is 3. The van der Waals surface area contributed by atoms with Gasteiger partial charge < -0.3 is 5.11 Å². The third kappa shape index (κ3) is 3.12. The predicted octanol–water partition coefficient (Wildman–Crippen LogP) is 3.00. The summed E-state index contributed by atoms with van der Waals surface area (Å²) in [4.78, 5) is 22.8. The van der Waals surface area contributed by atoms with Crippen LogP contribution in [0.3, 0.4) is 0 Å². The first-order valence-electron chi connectivity index (χ1n) is 6.31. The highest BCUT2D eigenvalue weighted by molar-refractivity contribution is 8.15. The molecule has 17 heavy (non-hydrogen) atoms. The molecule has 0 atom stereocenters. The van der Waals surface area contributed by atoms with Crippen molar-refractivity contribution in [3.63, 3.8) is 0 Å². The largest absolute Gasteiger partial charge is 0.511 e. The molecule has 0 radical (unpaired) electrons. The van der Waals surface area contributed by atoms with Gasteiger partial charge in [0.2, 0.25) is 5.12 Å². The fraction of sp³-hybridized carbons (Fsp3) is 0.692. The van der Waals surface area contributed by atoms with Gasteiger partial charge in [0.1, 0.15) is 11.3 Å². The van der Waals surface area contributed by atoms with Gasteiger partial charge in [0.05, 0.1) is 5.75 Å². The van der Waals surface area contributed by atoms with Crippen LogP contribution in [-0.2, 0) is 9.59 Å². The molecule has 0 aromatic rings. The molecule has 3 nitrogen and oxygen atoms in total. The molecule has 0 amide bonds. The standard InChI is InChI=1S/C13H18O3S/c14-10(12-11(15)8-17-13(12)16)7-6-9-4-2-1-3-5-9/h9,14H,1-8H2. The lowest BCUT2D eigenvalue weighted by atomic mass is 9.85. The van der Waals surface area contributed by atoms with Gasteiger partial charge >= 0.3 is 0 Å². The Morgan fingerprint density at radius 1 is 1.24 bits per heavy atom. The minimum absolute atomic E-state index is 0.0237. The number of Topliss-reactive ketones (excluding diaryl/α,β-unsaturated/α-hetero) is 1. The van der Waals surface area contributed by atoms with E-state index in [1.54, 1.807) is 0 Å². The summed E-state index contributed by atoms with van der Waals surface area (Å²) < 4.78 is 0. The fourth-order valence-electron chi connectivity index (χ4n) is 2.61. The number of allylic oxidation sites excluding steroid dienone is 1. The molecule has 94 valence electrons. The SMILES string of the molecule is O=C1CSC(=O)C1=C(O)CCC1CCCCC1. The van der Waals surface area contributed by atoms with Gasteiger partial charge in [0.15, 0.2) is 5.78 Å². The zero-order valence-corrected chi connectivity index (χ0v) is 10.7. The first kappa shape index (κ1) is 12.7. The van der Waals surface area contributed by atoms with Crippen molar-refractivity contribution in [1.29, 1.82) is 0 Å². The van der Waals surface area contributed by atoms with Crippen LogP contribution < -0.4 is 0 Å². The molecule has 2 aliphatic rings. The van der Waals surface area contributed by atoms with Crippen molar-refractivity contribution in [2.45, 2.75) is 44.9 Å². The first-order chi connectivity index (χ1) is 8.18. The number of aliphatic hydroxyl groups excluding tert-OH is 1. The van der Waals surface area contributed by atoms with E-state index in [1.165, 1.54) is 32.1 Å². The minimum Gasteiger partial charge on any atom is -0.511 e. The molecule has 0 spiro atoms. The van der Waals surface area contributed by atoms with Crippen molar-refractivity contribution in [3.8, 4) is 0 Å². The van der Waals surface area contributed by atoms with E-state index >= 15 is 0 Å². The van der Waals surface area contributed by atoms with Crippen molar-refractivity contribution < 1.29 is 14.7 Å². The van der Waals surface area contributed by atoms with Crippen LogP contribution in [0.5, 0.6) is 0 Å². The average molecular weight is 254 g/mol. The van der Waals surface area contributed by atoms with E-state index in [0.29, 0.717) is 12.3 Å². The number of carbonyl (C=O) groups is 2. The second-order valence-electron chi connectivity index (χ2n) is 4.86. The molecule has 0 aromatic carbocycles. The number of thioether (sulfide) groups is 1. The maximum Gasteiger partial charge on any atom is 0.226 e. The number of hydrogen-bond donors (Lipinski definition) is 1. The summed E-state index contributed by atoms with van der Waals surface area (Å²) in [6.07, 6.45) is 7.69. The Kier molecular flexibility index (Phi) is 4.26. The Labute approximate surface area is 106 Å². The maximum atomic E-state index is 11.4. The van der Waals surface area contributed by atoms with E-state index in [4.69, 9.17) is 0 Å². The Morgan fingerprint density at radius 3 is 2.53 bits per heavy atom. The quantitative estimate of drug-likeness (QED) is 0.478. The lowest BCUT2D eigenvalue weighted by molar-refractivity contribution is -0.115. The molecular formula is C13H18O3S. The second kappa shape index (κ2) is 5.71. The van der Waals surface area contributed by atoms with Gasteiger partial charge in [-0.1, -0.05) is 43.9 Å². The number of aliphatic hydroxyl groups is 1. The van der Waals surface area contributed by atoms with Gasteiger partial charge in [0.25, 0.3) is 0 Å². The average Bonchev–Trinajstić information content (AvgIpc) is 2.67. The van der Waals surface area contributed by atoms with Crippen LogP contribution in [0.2, 0.25) is 0 Å². The predicted molar refractivity (Wildman–Crippen MR) is 67.9 cm³/mol. The molecule has 1 heterocycles. The van der Waals surface area contributed by atoms with Gasteiger partial charge in [-0.15, -0.1) is 0 Å². The van der Waals surface area contributed by atoms with Crippen LogP contribution in [0.1, 0.15) is 44.9 Å². The highest BCUT2D eigenvalue weighted by atomic mass is 32.2. The van der Waals surface area contributed by atoms with Crippen molar-refractivity contribution >= 4 is 22.7 Å². The van der Waals surface area contributed by atoms with Crippen molar-refractivity contribution in [3.05, 3.63) is 11.3 Å². The van der Waals surface area contributed by atoms with Gasteiger partial charge in [0, 0.05) is 6.42 Å². The van der Waals surface area contributed by atoms with E-state index in [1.807, 2.05) is 0 Å². The molecule has 1 aliphatic carbocycles. The number of carbonyl (C=O) groups excluding carboxylic acids is 2. The van der Waals surface area contributed by atoms with Gasteiger partial charge in [-0.25, -0.2) is 0 Å². The monoisotopic (exact) mass is 254 g/mol. The van der Waals surface area contributed by atoms with E-state index in [-0.39, 0.29) is 28.0 Å². The van der Waals surface area contributed by atoms with Crippen LogP contribution in [0.15, 0.2) is 11.3 Å². The fourth-order valence-corrected chi connectivity index (χ4v) is 3.39. The summed E-state index contributed by atoms with van der Waals surface area (Å²) in [7, 11) is 0. The topological polar surface area (TPSA) is 54.4 Å². The molecule has 0 aromatic heterocycles. The first-order valence-corrected chi connectivity index (χ1v) is 7.29. The Hall–Kier alpha value is -0.770. The lowest BCUT2D eigenvalue weighted by Gasteiger charge is -2.21. The number of hydrogen-bond acceptors (Lipinski definition) is 4. The van der Waals surface area contributed by atoms with E-state index in [2.05, 4.69) is 0 Å². The van der Waals surface area contributed by atoms with Gasteiger partial charge in [-0.05, 0) is 12.3 Å². The highest BCUT2D eigenvalue weighted by Gasteiger charge is 2.30. The van der Waals surface area contributed by atoms with Crippen molar-refractivity contribution in [2.75, 3.05) is 5.75 Å². The van der Waals surface area contributed by atoms with Crippen LogP contribution in [0.25, 0.3) is 0 Å². The van der Waals surface area contributed by atoms with E-state index < -0.39 is 0 Å². The van der Waals surface area contributed by atoms with Gasteiger partial charge in [-0.2, -0.15) is 0 Å². The van der Waals surface area contributed by atoms with Crippen LogP contribution >= 0.6 is 11.8 Å². The zero-order valence-electron chi connectivity index (χ0n) is 9.91. The molecule has 1 saturated carbocycles. The molecule has 2 rings (SSSR count). The highest BCUT2D eigenvalue weighted by Crippen LogP contribution is 2.30. The van der Waals surface area contributed by atoms with Gasteiger partial charge in [-0.3, -0.25) is 9.59 Å². The van der Waals surface area contributed by atoms with E-state index in [0.717, 1.165) is 18.2 Å². The van der Waals surface area contributed by atoms with E-state index in [9.17, 15) is 14.7 Å². The summed E-state index contributed by atoms with van der Waals surface area (Å²) >= 11 is 0.997. The molecule has 4 heteroatoms. The van der Waals surface area contributed by atoms with Crippen molar-refractivity contribution in [1.82, 2.24) is 0 Å². The summed E-state index contributed by atoms with van der Waals surface area (Å²) in [5.41, 5.74) is 0.0609. The Bertz CT molecular complexity index is 336. The van der Waals surface area contributed by atoms with Crippen LogP contribution in [0, 0.1) is 5.92 Å². The van der Waals surface area contributed by atoms with Crippen LogP contribution in [-0.4, -0.2) is 21.8 Å². The minimum atomic E-state index is -0.254. The molecule has 2 fully saturated rings. The summed E-state index contributed by atoms with van der Waals surface area (Å²) in [5.74, 6) is 0.671. The molecule has 0 unspecified atom stereocenters. The lowest BCUT2D eigenvalue weighted by Crippen LogP contribution is -2.09. The third-order valence-electron chi connectivity index (χ3n) is 3.62. The summed E-state index contributed by atoms with van der Waals surface area (Å²) in [6.45, 7) is 0. The maximum absolute atomic E-state index is 11.4. The Balaban J connectivity index is 1.91. The molecule has 0 bridgehead atoms. The summed E-state index contributed by atoms with van der Waals surface area (Å²) in [5, 5.41) is 9.59. The molecular weight excluding hydrogens is 236 g/mol. The summed E-state index contributed by atoms with van der Waals surface area (Å²) in [6, 6.07) is 0. The molecule has 1 N–H and O–H groups in total. The van der Waals surface area contributed by atoms with Crippen molar-refractivity contribution in [2.24, 2.45) is 5.92 Å². The Morgan fingerprint density at radius 2 is 1.94 bits per heavy atom. The second-order valence-corrected chi connectivity index (χ2v) is 5.81. The van der Waals surface area contributed by atoms with Crippen LogP contribution in [0.4, 0.5) is 0 Å². The third-order valence-corrected chi connectivity index (χ3v) is 4.49. The smallest absolute Gasteiger partial charge is 0.226 e.